The van der Waals surface area contributed by atoms with Gasteiger partial charge in [-0.25, -0.2) is 4.72 Å². The van der Waals surface area contributed by atoms with Crippen LogP contribution in [-0.4, -0.2) is 75.6 Å². The van der Waals surface area contributed by atoms with E-state index in [1.165, 1.54) is 12.6 Å². The molecule has 0 aliphatic rings. The summed E-state index contributed by atoms with van der Waals surface area (Å²) in [7, 11) is 3.45. The van der Waals surface area contributed by atoms with E-state index in [2.05, 4.69) is 16.9 Å². The molecule has 148 valence electrons. The number of carboxylic acid groups (broad SMARTS) is 1. The lowest BCUT2D eigenvalue weighted by Gasteiger charge is -2.33. The van der Waals surface area contributed by atoms with Crippen LogP contribution in [0.4, 0.5) is 0 Å². The number of nitrogens with one attached hydrogen (secondary N) is 1. The summed E-state index contributed by atoms with van der Waals surface area (Å²) in [5.74, 6) is -1.01. The van der Waals surface area contributed by atoms with Gasteiger partial charge in [-0.1, -0.05) is 30.3 Å². The molecule has 0 saturated carbocycles. The van der Waals surface area contributed by atoms with Gasteiger partial charge in [0.15, 0.2) is 0 Å². The molecule has 1 atom stereocenters. The first-order valence-corrected chi connectivity index (χ1v) is 10.2. The Morgan fingerprint density at radius 2 is 1.81 bits per heavy atom. The van der Waals surface area contributed by atoms with Gasteiger partial charge in [0.1, 0.15) is 0 Å². The van der Waals surface area contributed by atoms with E-state index in [9.17, 15) is 13.2 Å². The Morgan fingerprint density at radius 3 is 2.35 bits per heavy atom. The molecule has 0 amide bonds. The number of carbonyl (C=O) groups is 1. The van der Waals surface area contributed by atoms with Crippen molar-refractivity contribution in [2.24, 2.45) is 0 Å². The highest BCUT2D eigenvalue weighted by molar-refractivity contribution is 7.87. The number of benzene rings is 1. The molecule has 0 bridgehead atoms. The third-order valence-corrected chi connectivity index (χ3v) is 5.71. The normalized spacial score (nSPS) is 13.7. The lowest BCUT2D eigenvalue weighted by molar-refractivity contribution is -0.872. The van der Waals surface area contributed by atoms with Gasteiger partial charge in [0.25, 0.3) is 10.2 Å². The second-order valence-electron chi connectivity index (χ2n) is 7.58. The van der Waals surface area contributed by atoms with E-state index in [0.29, 0.717) is 17.6 Å². The molecule has 0 saturated heterocycles. The smallest absolute Gasteiger partial charge is 0.305 e. The Kier molecular flexibility index (Phi) is 8.69. The van der Waals surface area contributed by atoms with Crippen LogP contribution >= 0.6 is 0 Å². The quantitative estimate of drug-likeness (QED) is 0.419. The third kappa shape index (κ3) is 8.75. The lowest BCUT2D eigenvalue weighted by Crippen LogP contribution is -2.52. The first-order valence-electron chi connectivity index (χ1n) is 8.80. The van der Waals surface area contributed by atoms with Gasteiger partial charge in [0, 0.05) is 13.6 Å². The van der Waals surface area contributed by atoms with E-state index in [1.807, 2.05) is 39.3 Å². The fourth-order valence-electron chi connectivity index (χ4n) is 2.74. The van der Waals surface area contributed by atoms with E-state index in [1.54, 1.807) is 0 Å². The highest BCUT2D eigenvalue weighted by atomic mass is 32.2. The number of unbranched alkanes of at least 4 members (excludes halogenated alkanes) is 1. The van der Waals surface area contributed by atoms with E-state index < -0.39 is 22.2 Å². The number of hydrogen-bond acceptors (Lipinski definition) is 3. The summed E-state index contributed by atoms with van der Waals surface area (Å²) in [4.78, 5) is 11.1. The van der Waals surface area contributed by atoms with Crippen molar-refractivity contribution in [1.29, 1.82) is 0 Å². The Balaban J connectivity index is 2.53. The number of aryl methyl sites for hydroxylation is 1. The number of likely N-dealkylation sites (N-methyl/N-ethyl adjacent to an activating group) is 2. The SMILES string of the molecule is CN(C(CC(=O)O)C[N+](C)(C)C)S(=O)(=O)NCCCCc1ccccc1. The summed E-state index contributed by atoms with van der Waals surface area (Å²) in [5.41, 5.74) is 1.23. The molecule has 1 aromatic rings. The van der Waals surface area contributed by atoms with Crippen molar-refractivity contribution in [3.05, 3.63) is 35.9 Å². The maximum Gasteiger partial charge on any atom is 0.305 e. The molecule has 8 heteroatoms. The summed E-state index contributed by atoms with van der Waals surface area (Å²) in [6, 6.07) is 9.46. The lowest BCUT2D eigenvalue weighted by atomic mass is 10.1. The molecule has 0 aliphatic heterocycles. The Labute approximate surface area is 157 Å². The first-order chi connectivity index (χ1) is 12.0. The monoisotopic (exact) mass is 386 g/mol. The maximum absolute atomic E-state index is 12.5. The summed E-state index contributed by atoms with van der Waals surface area (Å²) in [6.07, 6.45) is 2.29. The Bertz CT molecular complexity index is 657. The van der Waals surface area contributed by atoms with Crippen LogP contribution in [0.2, 0.25) is 0 Å². The van der Waals surface area contributed by atoms with E-state index in [0.717, 1.165) is 23.6 Å². The van der Waals surface area contributed by atoms with E-state index in [4.69, 9.17) is 5.11 Å². The molecule has 0 aliphatic carbocycles. The van der Waals surface area contributed by atoms with Gasteiger partial charge in [-0.15, -0.1) is 0 Å². The van der Waals surface area contributed by atoms with Crippen molar-refractivity contribution in [2.45, 2.75) is 31.7 Å². The first kappa shape index (κ1) is 22.6. The second kappa shape index (κ2) is 10.0. The van der Waals surface area contributed by atoms with Crippen molar-refractivity contribution in [2.75, 3.05) is 41.3 Å². The number of nitrogens with zero attached hydrogens (tertiary/aromatic N) is 2. The van der Waals surface area contributed by atoms with Gasteiger partial charge in [-0.3, -0.25) is 4.79 Å². The fourth-order valence-corrected chi connectivity index (χ4v) is 3.88. The van der Waals surface area contributed by atoms with Gasteiger partial charge in [-0.2, -0.15) is 12.7 Å². The third-order valence-electron chi connectivity index (χ3n) is 4.08. The zero-order valence-corrected chi connectivity index (χ0v) is 17.0. The number of quaternary nitrogens is 1. The van der Waals surface area contributed by atoms with Crippen molar-refractivity contribution in [1.82, 2.24) is 9.03 Å². The highest BCUT2D eigenvalue weighted by Gasteiger charge is 2.31. The zero-order chi connectivity index (χ0) is 19.8. The summed E-state index contributed by atoms with van der Waals surface area (Å²) in [6.45, 7) is 0.751. The Hall–Kier alpha value is -1.48. The number of hydrogen-bond donors (Lipinski definition) is 2. The second-order valence-corrected chi connectivity index (χ2v) is 9.40. The van der Waals surface area contributed by atoms with Crippen LogP contribution in [0.3, 0.4) is 0 Å². The van der Waals surface area contributed by atoms with Crippen molar-refractivity contribution in [3.8, 4) is 0 Å². The summed E-state index contributed by atoms with van der Waals surface area (Å²) in [5, 5.41) is 9.10. The van der Waals surface area contributed by atoms with Crippen molar-refractivity contribution >= 4 is 16.2 Å². The molecule has 1 rings (SSSR count). The fraction of sp³-hybridized carbons (Fsp3) is 0.611. The van der Waals surface area contributed by atoms with Crippen molar-refractivity contribution < 1.29 is 22.8 Å². The summed E-state index contributed by atoms with van der Waals surface area (Å²) < 4.78 is 29.2. The minimum Gasteiger partial charge on any atom is -0.481 e. The molecule has 26 heavy (non-hydrogen) atoms. The van der Waals surface area contributed by atoms with Gasteiger partial charge in [-0.05, 0) is 24.8 Å². The molecule has 2 N–H and O–H groups in total. The van der Waals surface area contributed by atoms with Gasteiger partial charge >= 0.3 is 5.97 Å². The zero-order valence-electron chi connectivity index (χ0n) is 16.2. The van der Waals surface area contributed by atoms with Crippen LogP contribution in [0.5, 0.6) is 0 Å². The minimum atomic E-state index is -3.71. The molecule has 7 nitrogen and oxygen atoms in total. The maximum atomic E-state index is 12.5. The number of rotatable bonds is 12. The molecule has 1 aromatic carbocycles. The van der Waals surface area contributed by atoms with Crippen LogP contribution in [0.25, 0.3) is 0 Å². The molecule has 0 fully saturated rings. The average Bonchev–Trinajstić information content (AvgIpc) is 2.52. The van der Waals surface area contributed by atoms with Crippen LogP contribution in [0.1, 0.15) is 24.8 Å². The van der Waals surface area contributed by atoms with Crippen molar-refractivity contribution in [3.63, 3.8) is 0 Å². The molecule has 0 spiro atoms. The molecule has 0 heterocycles. The molecule has 1 unspecified atom stereocenters. The number of carboxylic acids is 1. The minimum absolute atomic E-state index is 0.221. The molecule has 0 radical (unpaired) electrons. The molecule has 0 aromatic heterocycles. The summed E-state index contributed by atoms with van der Waals surface area (Å²) >= 11 is 0. The Morgan fingerprint density at radius 1 is 1.19 bits per heavy atom. The van der Waals surface area contributed by atoms with Gasteiger partial charge in [0.05, 0.1) is 40.2 Å². The standard InChI is InChI=1S/C18H31N3O4S/c1-20(17(14-18(22)23)15-21(2,3)4)26(24,25)19-13-9-8-12-16-10-6-5-7-11-16/h5-7,10-11,17,19H,8-9,12-15H2,1-4H3/p+1. The van der Waals surface area contributed by atoms with Crippen LogP contribution in [0.15, 0.2) is 30.3 Å². The van der Waals surface area contributed by atoms with Crippen LogP contribution in [0, 0.1) is 0 Å². The predicted molar refractivity (Wildman–Crippen MR) is 103 cm³/mol. The largest absolute Gasteiger partial charge is 0.481 e. The highest BCUT2D eigenvalue weighted by Crippen LogP contribution is 2.11. The topological polar surface area (TPSA) is 86.7 Å². The molecular formula is C18H32N3O4S+. The average molecular weight is 387 g/mol. The van der Waals surface area contributed by atoms with E-state index in [-0.39, 0.29) is 6.42 Å². The number of aliphatic carboxylic acids is 1. The van der Waals surface area contributed by atoms with Gasteiger partial charge < -0.3 is 9.59 Å². The predicted octanol–water partition coefficient (Wildman–Crippen LogP) is 1.33. The van der Waals surface area contributed by atoms with Crippen LogP contribution < -0.4 is 4.72 Å². The molecular weight excluding hydrogens is 354 g/mol. The van der Waals surface area contributed by atoms with E-state index >= 15 is 0 Å². The van der Waals surface area contributed by atoms with Crippen LogP contribution in [-0.2, 0) is 21.4 Å². The van der Waals surface area contributed by atoms with Gasteiger partial charge in [0.2, 0.25) is 0 Å².